The molecule has 1 heterocycles. The van der Waals surface area contributed by atoms with Gasteiger partial charge in [0.25, 0.3) is 5.91 Å². The van der Waals surface area contributed by atoms with Crippen molar-refractivity contribution >= 4 is 34.8 Å². The summed E-state index contributed by atoms with van der Waals surface area (Å²) >= 11 is 11.8. The van der Waals surface area contributed by atoms with E-state index >= 15 is 0 Å². The largest absolute Gasteiger partial charge is 0.322 e. The van der Waals surface area contributed by atoms with Gasteiger partial charge in [-0.3, -0.25) is 4.79 Å². The lowest BCUT2D eigenvalue weighted by atomic mass is 10.1. The third-order valence-electron chi connectivity index (χ3n) is 2.77. The van der Waals surface area contributed by atoms with Crippen LogP contribution in [0.5, 0.6) is 0 Å². The zero-order valence-electron chi connectivity index (χ0n) is 11.2. The lowest BCUT2D eigenvalue weighted by Crippen LogP contribution is -2.13. The molecule has 0 atom stereocenters. The number of nitrogens with zero attached hydrogens (tertiary/aromatic N) is 1. The average molecular weight is 309 g/mol. The van der Waals surface area contributed by atoms with E-state index < -0.39 is 0 Å². The molecule has 1 aromatic heterocycles. The van der Waals surface area contributed by atoms with E-state index in [4.69, 9.17) is 23.2 Å². The Balaban J connectivity index is 2.22. The number of anilines is 1. The molecule has 1 aromatic carbocycles. The minimum absolute atomic E-state index is 0.204. The molecule has 0 radical (unpaired) electrons. The number of rotatable bonds is 3. The molecule has 0 aliphatic heterocycles. The molecule has 0 unspecified atom stereocenters. The van der Waals surface area contributed by atoms with E-state index in [0.29, 0.717) is 21.4 Å². The SMILES string of the molecule is CC(C)c1cc(C(=O)Nc2ccc(Cl)cc2)cc(Cl)n1. The van der Waals surface area contributed by atoms with Gasteiger partial charge in [0.05, 0.1) is 0 Å². The monoisotopic (exact) mass is 308 g/mol. The fraction of sp³-hybridized carbons (Fsp3) is 0.200. The number of benzene rings is 1. The van der Waals surface area contributed by atoms with Crippen molar-refractivity contribution < 1.29 is 4.79 Å². The Kier molecular flexibility index (Phi) is 4.63. The van der Waals surface area contributed by atoms with Crippen molar-refractivity contribution in [3.05, 3.63) is 57.8 Å². The van der Waals surface area contributed by atoms with Crippen LogP contribution in [0, 0.1) is 0 Å². The van der Waals surface area contributed by atoms with E-state index in [1.807, 2.05) is 13.8 Å². The van der Waals surface area contributed by atoms with Crippen molar-refractivity contribution in [1.29, 1.82) is 0 Å². The molecule has 0 bridgehead atoms. The third kappa shape index (κ3) is 3.71. The lowest BCUT2D eigenvalue weighted by Gasteiger charge is -2.09. The number of carbonyl (C=O) groups excluding carboxylic acids is 1. The number of amides is 1. The molecule has 0 fully saturated rings. The summed E-state index contributed by atoms with van der Waals surface area (Å²) in [4.78, 5) is 16.4. The fourth-order valence-electron chi connectivity index (χ4n) is 1.68. The molecule has 0 saturated carbocycles. The molecule has 3 nitrogen and oxygen atoms in total. The maximum atomic E-state index is 12.2. The van der Waals surface area contributed by atoms with Gasteiger partial charge >= 0.3 is 0 Å². The predicted molar refractivity (Wildman–Crippen MR) is 82.7 cm³/mol. The Labute approximate surface area is 127 Å². The molecule has 20 heavy (non-hydrogen) atoms. The van der Waals surface area contributed by atoms with Gasteiger partial charge in [0.15, 0.2) is 0 Å². The molecule has 0 saturated heterocycles. The van der Waals surface area contributed by atoms with Crippen LogP contribution < -0.4 is 5.32 Å². The van der Waals surface area contributed by atoms with Gasteiger partial charge in [0.1, 0.15) is 5.15 Å². The number of hydrogen-bond acceptors (Lipinski definition) is 2. The van der Waals surface area contributed by atoms with Crippen LogP contribution in [0.4, 0.5) is 5.69 Å². The van der Waals surface area contributed by atoms with Crippen LogP contribution >= 0.6 is 23.2 Å². The normalized spacial score (nSPS) is 10.7. The molecule has 5 heteroatoms. The number of hydrogen-bond donors (Lipinski definition) is 1. The fourth-order valence-corrected chi connectivity index (χ4v) is 2.02. The third-order valence-corrected chi connectivity index (χ3v) is 3.22. The van der Waals surface area contributed by atoms with E-state index in [2.05, 4.69) is 10.3 Å². The second kappa shape index (κ2) is 6.25. The zero-order chi connectivity index (χ0) is 14.7. The summed E-state index contributed by atoms with van der Waals surface area (Å²) in [6, 6.07) is 10.2. The van der Waals surface area contributed by atoms with Crippen LogP contribution in [0.1, 0.15) is 35.8 Å². The molecule has 0 aliphatic carbocycles. The van der Waals surface area contributed by atoms with Crippen molar-refractivity contribution in [2.24, 2.45) is 0 Å². The van der Waals surface area contributed by atoms with Gasteiger partial charge in [-0.2, -0.15) is 0 Å². The molecule has 104 valence electrons. The first-order chi connectivity index (χ1) is 9.45. The molecule has 1 amide bonds. The van der Waals surface area contributed by atoms with E-state index in [1.54, 1.807) is 36.4 Å². The maximum Gasteiger partial charge on any atom is 0.255 e. The molecule has 0 spiro atoms. The molecular formula is C15H14Cl2N2O. The Morgan fingerprint density at radius 1 is 1.15 bits per heavy atom. The summed E-state index contributed by atoms with van der Waals surface area (Å²) < 4.78 is 0. The average Bonchev–Trinajstić information content (AvgIpc) is 2.40. The molecule has 2 rings (SSSR count). The van der Waals surface area contributed by atoms with Gasteiger partial charge in [0.2, 0.25) is 0 Å². The van der Waals surface area contributed by atoms with Crippen LogP contribution in [-0.2, 0) is 0 Å². The van der Waals surface area contributed by atoms with Crippen molar-refractivity contribution in [2.45, 2.75) is 19.8 Å². The Morgan fingerprint density at radius 2 is 1.80 bits per heavy atom. The Morgan fingerprint density at radius 3 is 2.40 bits per heavy atom. The van der Waals surface area contributed by atoms with Gasteiger partial charge in [-0.05, 0) is 42.3 Å². The Hall–Kier alpha value is -1.58. The molecule has 1 N–H and O–H groups in total. The number of halogens is 2. The highest BCUT2D eigenvalue weighted by Gasteiger charge is 2.11. The van der Waals surface area contributed by atoms with Crippen LogP contribution in [0.2, 0.25) is 10.2 Å². The van der Waals surface area contributed by atoms with E-state index in [1.165, 1.54) is 0 Å². The van der Waals surface area contributed by atoms with Gasteiger partial charge in [-0.25, -0.2) is 4.98 Å². The minimum Gasteiger partial charge on any atom is -0.322 e. The molecule has 0 aliphatic rings. The molecular weight excluding hydrogens is 295 g/mol. The highest BCUT2D eigenvalue weighted by Crippen LogP contribution is 2.19. The van der Waals surface area contributed by atoms with E-state index in [0.717, 1.165) is 5.69 Å². The first kappa shape index (κ1) is 14.8. The van der Waals surface area contributed by atoms with Crippen molar-refractivity contribution in [3.8, 4) is 0 Å². The first-order valence-electron chi connectivity index (χ1n) is 6.20. The van der Waals surface area contributed by atoms with Crippen molar-refractivity contribution in [3.63, 3.8) is 0 Å². The highest BCUT2D eigenvalue weighted by atomic mass is 35.5. The maximum absolute atomic E-state index is 12.2. The van der Waals surface area contributed by atoms with Gasteiger partial charge in [0, 0.05) is 22.0 Å². The van der Waals surface area contributed by atoms with Crippen LogP contribution in [0.3, 0.4) is 0 Å². The number of pyridine rings is 1. The second-order valence-electron chi connectivity index (χ2n) is 4.72. The second-order valence-corrected chi connectivity index (χ2v) is 5.54. The van der Waals surface area contributed by atoms with Crippen LogP contribution in [0.25, 0.3) is 0 Å². The van der Waals surface area contributed by atoms with E-state index in [-0.39, 0.29) is 11.8 Å². The summed E-state index contributed by atoms with van der Waals surface area (Å²) in [6.07, 6.45) is 0. The summed E-state index contributed by atoms with van der Waals surface area (Å²) in [6.45, 7) is 4.00. The number of carbonyl (C=O) groups is 1. The topological polar surface area (TPSA) is 42.0 Å². The van der Waals surface area contributed by atoms with Gasteiger partial charge in [-0.1, -0.05) is 37.0 Å². The first-order valence-corrected chi connectivity index (χ1v) is 6.95. The summed E-state index contributed by atoms with van der Waals surface area (Å²) in [5, 5.41) is 3.73. The van der Waals surface area contributed by atoms with Crippen molar-refractivity contribution in [1.82, 2.24) is 4.98 Å². The highest BCUT2D eigenvalue weighted by molar-refractivity contribution is 6.30. The quantitative estimate of drug-likeness (QED) is 0.830. The van der Waals surface area contributed by atoms with E-state index in [9.17, 15) is 4.79 Å². The number of aromatic nitrogens is 1. The van der Waals surface area contributed by atoms with Crippen LogP contribution in [0.15, 0.2) is 36.4 Å². The zero-order valence-corrected chi connectivity index (χ0v) is 12.7. The van der Waals surface area contributed by atoms with Gasteiger partial charge < -0.3 is 5.32 Å². The van der Waals surface area contributed by atoms with Gasteiger partial charge in [-0.15, -0.1) is 0 Å². The van der Waals surface area contributed by atoms with Crippen LogP contribution in [-0.4, -0.2) is 10.9 Å². The smallest absolute Gasteiger partial charge is 0.255 e. The summed E-state index contributed by atoms with van der Waals surface area (Å²) in [7, 11) is 0. The summed E-state index contributed by atoms with van der Waals surface area (Å²) in [5.74, 6) is -0.0192. The Bertz CT molecular complexity index is 624. The lowest BCUT2D eigenvalue weighted by molar-refractivity contribution is 0.102. The summed E-state index contributed by atoms with van der Waals surface area (Å²) in [5.41, 5.74) is 1.96. The standard InChI is InChI=1S/C15H14Cl2N2O/c1-9(2)13-7-10(8-14(17)19-13)15(20)18-12-5-3-11(16)4-6-12/h3-9H,1-2H3,(H,18,20). The van der Waals surface area contributed by atoms with Crippen molar-refractivity contribution in [2.75, 3.05) is 5.32 Å². The molecule has 2 aromatic rings. The number of nitrogens with one attached hydrogen (secondary N) is 1. The predicted octanol–water partition coefficient (Wildman–Crippen LogP) is 4.76. The minimum atomic E-state index is -0.224.